The summed E-state index contributed by atoms with van der Waals surface area (Å²) in [6, 6.07) is 86.3. The van der Waals surface area contributed by atoms with Gasteiger partial charge in [-0.1, -0.05) is 225 Å². The first-order valence-electron chi connectivity index (χ1n) is 30.6. The zero-order valence-corrected chi connectivity index (χ0v) is 51.0. The Bertz CT molecular complexity index is 4550. The van der Waals surface area contributed by atoms with Crippen LogP contribution in [0.4, 0.5) is 39.8 Å². The quantitative estimate of drug-likeness (QED) is 0.101. The Morgan fingerprint density at radius 1 is 0.307 bits per heavy atom. The molecule has 0 saturated heterocycles. The first-order chi connectivity index (χ1) is 42.5. The summed E-state index contributed by atoms with van der Waals surface area (Å²) in [4.78, 5) is 8.42. The molecule has 0 N–H and O–H groups in total. The van der Waals surface area contributed by atoms with E-state index in [2.05, 4.69) is 307 Å². The molecule has 11 aromatic carbocycles. The maximum atomic E-state index is 9.74. The van der Waals surface area contributed by atoms with Crippen molar-refractivity contribution in [2.45, 2.75) is 77.0 Å². The maximum Gasteiger partial charge on any atom is 0.187 e. The number of nitriles is 1. The predicted octanol–water partition coefficient (Wildman–Crippen LogP) is 22.6. The third kappa shape index (κ3) is 8.54. The fourth-order valence-corrected chi connectivity index (χ4v) is 15.0. The number of benzene rings is 11. The van der Waals surface area contributed by atoms with Crippen LogP contribution >= 0.6 is 0 Å². The van der Waals surface area contributed by atoms with Crippen molar-refractivity contribution >= 4 is 64.1 Å². The van der Waals surface area contributed by atoms with Gasteiger partial charge in [-0.05, 0) is 196 Å². The van der Waals surface area contributed by atoms with E-state index in [1.54, 1.807) is 0 Å². The van der Waals surface area contributed by atoms with Gasteiger partial charge in [0.2, 0.25) is 0 Å². The molecule has 4 nitrogen and oxygen atoms in total. The van der Waals surface area contributed by atoms with E-state index in [1.165, 1.54) is 100 Å². The topological polar surface area (TPSA) is 34.6 Å². The molecule has 4 heteroatoms. The summed E-state index contributed by atoms with van der Waals surface area (Å²) in [6.45, 7) is 26.4. The molecule has 0 aromatic heterocycles. The molecule has 4 aliphatic rings. The number of hydrogen-bond donors (Lipinski definition) is 0. The Morgan fingerprint density at radius 3 is 0.932 bits per heavy atom. The Morgan fingerprint density at radius 2 is 0.580 bits per heavy atom. The third-order valence-corrected chi connectivity index (χ3v) is 19.9. The second-order valence-electron chi connectivity index (χ2n) is 26.4. The van der Waals surface area contributed by atoms with Crippen molar-refractivity contribution in [2.24, 2.45) is 0 Å². The van der Waals surface area contributed by atoms with E-state index >= 15 is 0 Å². The van der Waals surface area contributed by atoms with E-state index in [-0.39, 0.29) is 21.7 Å². The molecule has 0 amide bonds. The first kappa shape index (κ1) is 54.2. The van der Waals surface area contributed by atoms with Crippen molar-refractivity contribution in [1.82, 2.24) is 0 Å². The van der Waals surface area contributed by atoms with E-state index in [9.17, 15) is 5.26 Å². The van der Waals surface area contributed by atoms with Gasteiger partial charge in [-0.2, -0.15) is 5.26 Å². The molecule has 0 aliphatic heterocycles. The van der Waals surface area contributed by atoms with Crippen molar-refractivity contribution in [3.8, 4) is 50.6 Å². The van der Waals surface area contributed by atoms with Crippen LogP contribution in [0.3, 0.4) is 0 Å². The van der Waals surface area contributed by atoms with Gasteiger partial charge in [-0.15, -0.1) is 0 Å². The highest BCUT2D eigenvalue weighted by molar-refractivity contribution is 5.92. The molecule has 422 valence electrons. The van der Waals surface area contributed by atoms with Crippen molar-refractivity contribution in [2.75, 3.05) is 9.80 Å². The summed E-state index contributed by atoms with van der Waals surface area (Å²) in [7, 11) is 0. The highest BCUT2D eigenvalue weighted by atomic mass is 15.1. The van der Waals surface area contributed by atoms with Crippen molar-refractivity contribution in [1.29, 1.82) is 5.26 Å². The lowest BCUT2D eigenvalue weighted by molar-refractivity contribution is 0.659. The average Bonchev–Trinajstić information content (AvgIpc) is 1.70. The van der Waals surface area contributed by atoms with Crippen molar-refractivity contribution < 1.29 is 0 Å². The molecule has 0 spiro atoms. The first-order valence-corrected chi connectivity index (χ1v) is 30.6. The summed E-state index contributed by atoms with van der Waals surface area (Å²) >= 11 is 0. The molecule has 0 radical (unpaired) electrons. The lowest BCUT2D eigenvalue weighted by Gasteiger charge is -2.29. The molecule has 0 bridgehead atoms. The van der Waals surface area contributed by atoms with Crippen molar-refractivity contribution in [3.05, 3.63) is 314 Å². The lowest BCUT2D eigenvalue weighted by atomic mass is 9.81. The Kier molecular flexibility index (Phi) is 12.3. The van der Waals surface area contributed by atoms with E-state index < -0.39 is 0 Å². The summed E-state index contributed by atoms with van der Waals surface area (Å²) in [5.41, 5.74) is 32.4. The van der Waals surface area contributed by atoms with Gasteiger partial charge in [-0.3, -0.25) is 0 Å². The molecule has 0 heterocycles. The van der Waals surface area contributed by atoms with Crippen LogP contribution in [-0.4, -0.2) is 0 Å². The van der Waals surface area contributed by atoms with Gasteiger partial charge >= 0.3 is 0 Å². The zero-order chi connectivity index (χ0) is 60.4. The highest BCUT2D eigenvalue weighted by Crippen LogP contribution is 2.56. The van der Waals surface area contributed by atoms with Gasteiger partial charge in [0.05, 0.1) is 18.2 Å². The van der Waals surface area contributed by atoms with E-state index in [0.29, 0.717) is 11.3 Å². The largest absolute Gasteiger partial charge is 0.311 e. The molecule has 0 fully saturated rings. The van der Waals surface area contributed by atoms with Gasteiger partial charge in [0.25, 0.3) is 0 Å². The van der Waals surface area contributed by atoms with Gasteiger partial charge in [0, 0.05) is 55.8 Å². The summed E-state index contributed by atoms with van der Waals surface area (Å²) in [5, 5.41) is 9.74. The second-order valence-corrected chi connectivity index (χ2v) is 26.4. The Hall–Kier alpha value is -10.5. The van der Waals surface area contributed by atoms with Crippen LogP contribution in [0.15, 0.2) is 231 Å². The number of nitrogens with zero attached hydrogens (tertiary/aromatic N) is 4. The monoisotopic (exact) mass is 1130 g/mol. The maximum absolute atomic E-state index is 9.74. The Labute approximate surface area is 518 Å². The van der Waals surface area contributed by atoms with E-state index in [4.69, 9.17) is 6.57 Å². The van der Waals surface area contributed by atoms with Crippen LogP contribution in [0.25, 0.3) is 73.7 Å². The van der Waals surface area contributed by atoms with E-state index in [0.717, 1.165) is 45.3 Å². The van der Waals surface area contributed by atoms with Crippen LogP contribution in [0.2, 0.25) is 0 Å². The number of rotatable bonds is 10. The van der Waals surface area contributed by atoms with Crippen LogP contribution in [0.1, 0.15) is 128 Å². The molecule has 0 saturated carbocycles. The smallest absolute Gasteiger partial charge is 0.187 e. The van der Waals surface area contributed by atoms with Gasteiger partial charge in [0.15, 0.2) is 5.69 Å². The fraction of sp³-hybridized carbons (Fsp3) is 0.143. The van der Waals surface area contributed by atoms with Crippen molar-refractivity contribution in [3.63, 3.8) is 0 Å². The van der Waals surface area contributed by atoms with Crippen LogP contribution in [-0.2, 0) is 21.7 Å². The average molecular weight is 1130 g/mol. The number of fused-ring (bicyclic) bond motifs is 12. The molecule has 4 aliphatic carbocycles. The van der Waals surface area contributed by atoms with Crippen LogP contribution < -0.4 is 9.80 Å². The number of anilines is 6. The van der Waals surface area contributed by atoms with Gasteiger partial charge < -0.3 is 9.80 Å². The summed E-state index contributed by atoms with van der Waals surface area (Å²) in [5.74, 6) is 0. The molecule has 0 atom stereocenters. The third-order valence-electron chi connectivity index (χ3n) is 19.9. The summed E-state index contributed by atoms with van der Waals surface area (Å²) < 4.78 is 0. The molecule has 11 aromatic rings. The molecule has 88 heavy (non-hydrogen) atoms. The molecular formula is C84H66N4. The standard InChI is InChI=1S/C84H66N4/c1-81(2)73-16-12-10-14-65(73)69-42-36-61(48-77(69)81)87(59-32-26-57(52-85)27-33-59)63-38-44-71-67-40-28-55(46-75(67)83(5,6)79(71)50-63)24-22-53-18-20-54(21-19-53)23-25-56-29-41-68-72-45-39-64(51-80(72)84(7,8)76(68)47-56)88(60-34-30-58(86-9)31-35-60)62-37-43-70-66-15-11-13-17-74(66)82(3,4)78(70)49-62/h10-51H,1-8H3. The highest BCUT2D eigenvalue weighted by Gasteiger charge is 2.40. The van der Waals surface area contributed by atoms with E-state index in [1.807, 2.05) is 24.3 Å². The molecule has 15 rings (SSSR count). The minimum Gasteiger partial charge on any atom is -0.311 e. The molecular weight excluding hydrogens is 1060 g/mol. The molecule has 0 unspecified atom stereocenters. The van der Waals surface area contributed by atoms with Crippen LogP contribution in [0, 0.1) is 17.9 Å². The van der Waals surface area contributed by atoms with Gasteiger partial charge in [-0.25, -0.2) is 4.85 Å². The normalized spacial score (nSPS) is 15.1. The SMILES string of the molecule is [C-]#[N+]c1ccc(N(c2ccc3c(c2)C(C)(C)c2ccccc2-3)c2ccc3c(c2)C(C)(C)c2cc(C=Cc4ccc(C=Cc5ccc6c(c5)C(C)(C)c5cc(N(c7ccc(C#N)cc7)c7ccc8c(c7)C(C)(C)c7ccccc7-8)ccc5-6)cc4)ccc2-3)cc1. The van der Waals surface area contributed by atoms with Gasteiger partial charge in [0.1, 0.15) is 0 Å². The minimum absolute atomic E-state index is 0.138. The zero-order valence-electron chi connectivity index (χ0n) is 51.0. The summed E-state index contributed by atoms with van der Waals surface area (Å²) in [6.07, 6.45) is 8.91. The predicted molar refractivity (Wildman–Crippen MR) is 368 cm³/mol. The minimum atomic E-state index is -0.245. The lowest BCUT2D eigenvalue weighted by Crippen LogP contribution is -2.18. The van der Waals surface area contributed by atoms with Crippen LogP contribution in [0.5, 0.6) is 0 Å². The number of hydrogen-bond acceptors (Lipinski definition) is 3. The Balaban J connectivity index is 0.661. The fourth-order valence-electron chi connectivity index (χ4n) is 15.0. The second kappa shape index (κ2) is 20.0.